The topological polar surface area (TPSA) is 79.0 Å². The van der Waals surface area contributed by atoms with E-state index in [1.54, 1.807) is 18.9 Å². The lowest BCUT2D eigenvalue weighted by atomic mass is 9.93. The summed E-state index contributed by atoms with van der Waals surface area (Å²) in [5, 5.41) is 2.79. The van der Waals surface area contributed by atoms with Crippen molar-refractivity contribution in [2.24, 2.45) is 0 Å². The van der Waals surface area contributed by atoms with E-state index in [0.29, 0.717) is 25.9 Å². The zero-order valence-electron chi connectivity index (χ0n) is 16.7. The zero-order valence-corrected chi connectivity index (χ0v) is 16.7. The Morgan fingerprint density at radius 2 is 1.75 bits per heavy atom. The van der Waals surface area contributed by atoms with Gasteiger partial charge in [-0.05, 0) is 50.3 Å². The second-order valence-corrected chi connectivity index (χ2v) is 7.80. The van der Waals surface area contributed by atoms with Crippen molar-refractivity contribution in [1.29, 1.82) is 0 Å². The molecule has 0 unspecified atom stereocenters. The molecule has 2 fully saturated rings. The molecule has 2 heterocycles. The third kappa shape index (κ3) is 4.46. The van der Waals surface area contributed by atoms with Gasteiger partial charge in [0.05, 0.1) is 7.11 Å². The van der Waals surface area contributed by atoms with Gasteiger partial charge in [-0.1, -0.05) is 25.0 Å². The van der Waals surface area contributed by atoms with E-state index in [0.717, 1.165) is 41.9 Å². The van der Waals surface area contributed by atoms with Crippen molar-refractivity contribution in [3.05, 3.63) is 29.8 Å². The lowest BCUT2D eigenvalue weighted by Gasteiger charge is -2.24. The third-order valence-corrected chi connectivity index (χ3v) is 5.67. The summed E-state index contributed by atoms with van der Waals surface area (Å²) >= 11 is 0. The maximum atomic E-state index is 12.9. The van der Waals surface area contributed by atoms with Crippen molar-refractivity contribution in [1.82, 2.24) is 15.1 Å². The number of hydrogen-bond donors (Lipinski definition) is 1. The largest absolute Gasteiger partial charge is 0.497 e. The van der Waals surface area contributed by atoms with Crippen LogP contribution in [0, 0.1) is 0 Å². The van der Waals surface area contributed by atoms with Crippen molar-refractivity contribution in [3.63, 3.8) is 0 Å². The molecule has 1 atom stereocenters. The molecule has 0 bridgehead atoms. The summed E-state index contributed by atoms with van der Waals surface area (Å²) in [6.07, 6.45) is 5.31. The van der Waals surface area contributed by atoms with Crippen LogP contribution in [0.5, 0.6) is 5.75 Å². The highest BCUT2D eigenvalue weighted by atomic mass is 16.5. The van der Waals surface area contributed by atoms with Crippen LogP contribution in [-0.2, 0) is 16.0 Å². The first-order chi connectivity index (χ1) is 13.4. The van der Waals surface area contributed by atoms with Gasteiger partial charge in [-0.3, -0.25) is 14.5 Å². The van der Waals surface area contributed by atoms with Gasteiger partial charge < -0.3 is 15.0 Å². The number of amides is 4. The molecule has 1 N–H and O–H groups in total. The van der Waals surface area contributed by atoms with Crippen molar-refractivity contribution in [2.45, 2.75) is 51.0 Å². The molecule has 7 nitrogen and oxygen atoms in total. The van der Waals surface area contributed by atoms with Crippen LogP contribution < -0.4 is 10.1 Å². The minimum Gasteiger partial charge on any atom is -0.497 e. The minimum absolute atomic E-state index is 0.148. The number of benzene rings is 1. The number of likely N-dealkylation sites (tertiary alicyclic amines) is 1. The number of methoxy groups -OCH3 is 1. The monoisotopic (exact) mass is 387 g/mol. The van der Waals surface area contributed by atoms with Crippen LogP contribution in [0.15, 0.2) is 24.3 Å². The summed E-state index contributed by atoms with van der Waals surface area (Å²) in [7, 11) is 1.62. The number of hydrogen-bond acceptors (Lipinski definition) is 4. The predicted octanol–water partition coefficient (Wildman–Crippen LogP) is 2.34. The Morgan fingerprint density at radius 3 is 2.36 bits per heavy atom. The first-order valence-corrected chi connectivity index (χ1v) is 9.98. The molecule has 2 aliphatic rings. The molecule has 2 aliphatic heterocycles. The second-order valence-electron chi connectivity index (χ2n) is 7.80. The Balaban J connectivity index is 1.60. The molecule has 0 aliphatic carbocycles. The molecule has 0 aromatic heterocycles. The Labute approximate surface area is 166 Å². The zero-order chi connectivity index (χ0) is 20.1. The van der Waals surface area contributed by atoms with Crippen LogP contribution in [0.25, 0.3) is 0 Å². The van der Waals surface area contributed by atoms with Gasteiger partial charge in [-0.25, -0.2) is 4.79 Å². The third-order valence-electron chi connectivity index (χ3n) is 5.67. The number of nitrogens with one attached hydrogen (secondary N) is 1. The van der Waals surface area contributed by atoms with Crippen LogP contribution in [0.4, 0.5) is 4.79 Å². The van der Waals surface area contributed by atoms with Gasteiger partial charge >= 0.3 is 6.03 Å². The van der Waals surface area contributed by atoms with Gasteiger partial charge in [0.25, 0.3) is 5.91 Å². The van der Waals surface area contributed by atoms with Crippen molar-refractivity contribution in [3.8, 4) is 5.75 Å². The van der Waals surface area contributed by atoms with Crippen LogP contribution in [-0.4, -0.2) is 59.9 Å². The van der Waals surface area contributed by atoms with E-state index in [4.69, 9.17) is 4.74 Å². The molecule has 1 aromatic carbocycles. The number of aryl methyl sites for hydroxylation is 1. The van der Waals surface area contributed by atoms with Crippen LogP contribution in [0.1, 0.15) is 44.6 Å². The normalized spacial score (nSPS) is 22.8. The fourth-order valence-electron chi connectivity index (χ4n) is 3.80. The molecular weight excluding hydrogens is 358 g/mol. The molecule has 152 valence electrons. The fraction of sp³-hybridized carbons (Fsp3) is 0.571. The molecule has 1 aromatic rings. The molecule has 3 rings (SSSR count). The predicted molar refractivity (Wildman–Crippen MR) is 105 cm³/mol. The van der Waals surface area contributed by atoms with Gasteiger partial charge in [0.1, 0.15) is 17.8 Å². The molecule has 2 saturated heterocycles. The smallest absolute Gasteiger partial charge is 0.325 e. The Bertz CT molecular complexity index is 726. The van der Waals surface area contributed by atoms with E-state index < -0.39 is 11.6 Å². The fourth-order valence-corrected chi connectivity index (χ4v) is 3.80. The standard InChI is InChI=1S/C21H29N3O4/c1-21(12-11-16-7-9-17(28-2)10-8-16)19(26)24(20(27)22-21)15-18(25)23-13-5-3-4-6-14-23/h7-10H,3-6,11-15H2,1-2H3,(H,22,27)/t21-/m0/s1. The Hall–Kier alpha value is -2.57. The van der Waals surface area contributed by atoms with Crippen molar-refractivity contribution < 1.29 is 19.1 Å². The highest BCUT2D eigenvalue weighted by molar-refractivity contribution is 6.08. The Morgan fingerprint density at radius 1 is 1.11 bits per heavy atom. The van der Waals surface area contributed by atoms with Gasteiger partial charge in [-0.15, -0.1) is 0 Å². The summed E-state index contributed by atoms with van der Waals surface area (Å²) in [5.41, 5.74) is 0.0685. The van der Waals surface area contributed by atoms with Crippen LogP contribution >= 0.6 is 0 Å². The van der Waals surface area contributed by atoms with Gasteiger partial charge in [0, 0.05) is 13.1 Å². The quantitative estimate of drug-likeness (QED) is 0.760. The molecule has 28 heavy (non-hydrogen) atoms. The molecular formula is C21H29N3O4. The summed E-state index contributed by atoms with van der Waals surface area (Å²) in [6, 6.07) is 7.16. The molecule has 0 radical (unpaired) electrons. The van der Waals surface area contributed by atoms with Crippen LogP contribution in [0.2, 0.25) is 0 Å². The summed E-state index contributed by atoms with van der Waals surface area (Å²) in [6.45, 7) is 2.96. The van der Waals surface area contributed by atoms with Crippen molar-refractivity contribution >= 4 is 17.8 Å². The first-order valence-electron chi connectivity index (χ1n) is 9.98. The number of ether oxygens (including phenoxy) is 1. The molecule has 0 saturated carbocycles. The van der Waals surface area contributed by atoms with E-state index in [1.807, 2.05) is 24.3 Å². The molecule has 0 spiro atoms. The highest BCUT2D eigenvalue weighted by Crippen LogP contribution is 2.24. The summed E-state index contributed by atoms with van der Waals surface area (Å²) in [4.78, 5) is 40.7. The minimum atomic E-state index is -0.990. The summed E-state index contributed by atoms with van der Waals surface area (Å²) in [5.74, 6) is 0.303. The van der Waals surface area contributed by atoms with Gasteiger partial charge in [0.2, 0.25) is 5.91 Å². The summed E-state index contributed by atoms with van der Waals surface area (Å²) < 4.78 is 5.15. The molecule has 7 heteroatoms. The van der Waals surface area contributed by atoms with E-state index in [2.05, 4.69) is 5.32 Å². The number of nitrogens with zero attached hydrogens (tertiary/aromatic N) is 2. The van der Waals surface area contributed by atoms with E-state index in [9.17, 15) is 14.4 Å². The highest BCUT2D eigenvalue weighted by Gasteiger charge is 2.48. The average molecular weight is 387 g/mol. The van der Waals surface area contributed by atoms with Crippen molar-refractivity contribution in [2.75, 3.05) is 26.7 Å². The lowest BCUT2D eigenvalue weighted by molar-refractivity contribution is -0.138. The van der Waals surface area contributed by atoms with Gasteiger partial charge in [0.15, 0.2) is 0 Å². The molecule has 4 amide bonds. The SMILES string of the molecule is COc1ccc(CC[C@]2(C)NC(=O)N(CC(=O)N3CCCCCC3)C2=O)cc1. The van der Waals surface area contributed by atoms with E-state index >= 15 is 0 Å². The number of carbonyl (C=O) groups excluding carboxylic acids is 3. The number of urea groups is 1. The first kappa shape index (κ1) is 20.2. The number of imide groups is 1. The number of rotatable bonds is 6. The Kier molecular flexibility index (Phi) is 6.21. The van der Waals surface area contributed by atoms with Crippen LogP contribution in [0.3, 0.4) is 0 Å². The number of carbonyl (C=O) groups is 3. The second kappa shape index (κ2) is 8.63. The average Bonchev–Trinajstić information content (AvgIpc) is 2.91. The van der Waals surface area contributed by atoms with E-state index in [-0.39, 0.29) is 18.4 Å². The van der Waals surface area contributed by atoms with Gasteiger partial charge in [-0.2, -0.15) is 0 Å². The van der Waals surface area contributed by atoms with E-state index in [1.165, 1.54) is 0 Å². The lowest BCUT2D eigenvalue weighted by Crippen LogP contribution is -2.46. The maximum Gasteiger partial charge on any atom is 0.325 e. The maximum absolute atomic E-state index is 12.9.